The number of methoxy groups -OCH3 is 1. The van der Waals surface area contributed by atoms with Crippen molar-refractivity contribution in [3.63, 3.8) is 0 Å². The normalized spacial score (nSPS) is 13.9. The molecular formula is C25H21Cl2FN4O3. The molecule has 0 atom stereocenters. The quantitative estimate of drug-likeness (QED) is 0.327. The summed E-state index contributed by atoms with van der Waals surface area (Å²) in [5.41, 5.74) is 1.12. The standard InChI is InChI=1S/C25H21Cl2FN4O3/c1-3-22(33)32-8-6-15(7-9-32)35-21-10-16-19(11-20(21)34-2)30-13-14(12-29)25(16)31-18-5-4-17(26)23(27)24(18)28/h3-5,10-11,13,15H,1,6-9H2,2H3,(H,30,31). The first-order chi connectivity index (χ1) is 16.9. The van der Waals surface area contributed by atoms with E-state index in [1.54, 1.807) is 17.0 Å². The third-order valence-corrected chi connectivity index (χ3v) is 6.57. The number of halogens is 3. The summed E-state index contributed by atoms with van der Waals surface area (Å²) < 4.78 is 26.5. The number of likely N-dealkylation sites (tertiary alicyclic amines) is 1. The molecular weight excluding hydrogens is 494 g/mol. The Balaban J connectivity index is 1.71. The summed E-state index contributed by atoms with van der Waals surface area (Å²) in [6.45, 7) is 4.63. The number of ether oxygens (including phenoxy) is 2. The van der Waals surface area contributed by atoms with E-state index in [0.29, 0.717) is 54.0 Å². The van der Waals surface area contributed by atoms with E-state index in [1.165, 1.54) is 31.5 Å². The molecule has 0 aliphatic carbocycles. The van der Waals surface area contributed by atoms with Crippen LogP contribution in [0.25, 0.3) is 10.9 Å². The van der Waals surface area contributed by atoms with Gasteiger partial charge >= 0.3 is 0 Å². The van der Waals surface area contributed by atoms with Crippen LogP contribution in [0.5, 0.6) is 11.5 Å². The second-order valence-electron chi connectivity index (χ2n) is 7.87. The number of anilines is 2. The second kappa shape index (κ2) is 10.4. The molecule has 0 radical (unpaired) electrons. The maximum absolute atomic E-state index is 14.7. The van der Waals surface area contributed by atoms with Gasteiger partial charge in [0, 0.05) is 43.6 Å². The van der Waals surface area contributed by atoms with Gasteiger partial charge in [-0.3, -0.25) is 9.78 Å². The number of nitrogens with one attached hydrogen (secondary N) is 1. The van der Waals surface area contributed by atoms with Crippen LogP contribution < -0.4 is 14.8 Å². The molecule has 2 heterocycles. The van der Waals surface area contributed by atoms with Crippen LogP contribution in [0.4, 0.5) is 15.8 Å². The molecule has 1 N–H and O–H groups in total. The van der Waals surface area contributed by atoms with Crippen molar-refractivity contribution in [2.75, 3.05) is 25.5 Å². The van der Waals surface area contributed by atoms with Gasteiger partial charge in [0.1, 0.15) is 12.2 Å². The molecule has 0 unspecified atom stereocenters. The van der Waals surface area contributed by atoms with E-state index in [2.05, 4.69) is 22.9 Å². The smallest absolute Gasteiger partial charge is 0.245 e. The fraction of sp³-hybridized carbons (Fsp3) is 0.240. The van der Waals surface area contributed by atoms with Gasteiger partial charge in [-0.2, -0.15) is 5.26 Å². The minimum Gasteiger partial charge on any atom is -0.493 e. The van der Waals surface area contributed by atoms with Crippen LogP contribution in [0.3, 0.4) is 0 Å². The lowest BCUT2D eigenvalue weighted by atomic mass is 10.1. The molecule has 0 spiro atoms. The molecule has 7 nitrogen and oxygen atoms in total. The number of rotatable bonds is 6. The van der Waals surface area contributed by atoms with Gasteiger partial charge in [-0.25, -0.2) is 4.39 Å². The Kier molecular flexibility index (Phi) is 7.29. The van der Waals surface area contributed by atoms with Crippen molar-refractivity contribution >= 4 is 51.4 Å². The zero-order valence-corrected chi connectivity index (χ0v) is 20.3. The van der Waals surface area contributed by atoms with Crippen LogP contribution >= 0.6 is 23.2 Å². The Morgan fingerprint density at radius 1 is 1.31 bits per heavy atom. The highest BCUT2D eigenvalue weighted by Crippen LogP contribution is 2.39. The van der Waals surface area contributed by atoms with Crippen LogP contribution in [0.1, 0.15) is 18.4 Å². The number of carbonyl (C=O) groups excluding carboxylic acids is 1. The van der Waals surface area contributed by atoms with Crippen molar-refractivity contribution in [1.82, 2.24) is 9.88 Å². The number of carbonyl (C=O) groups is 1. The molecule has 3 aromatic rings. The van der Waals surface area contributed by atoms with Crippen molar-refractivity contribution in [1.29, 1.82) is 5.26 Å². The van der Waals surface area contributed by atoms with Crippen LogP contribution in [0.15, 0.2) is 43.1 Å². The van der Waals surface area contributed by atoms with Crippen molar-refractivity contribution in [2.24, 2.45) is 0 Å². The number of hydrogen-bond acceptors (Lipinski definition) is 6. The molecule has 2 aromatic carbocycles. The first-order valence-corrected chi connectivity index (χ1v) is 11.5. The van der Waals surface area contributed by atoms with E-state index in [9.17, 15) is 14.4 Å². The van der Waals surface area contributed by atoms with E-state index >= 15 is 0 Å². The molecule has 1 aliphatic heterocycles. The number of nitriles is 1. The summed E-state index contributed by atoms with van der Waals surface area (Å²) in [4.78, 5) is 17.9. The first kappa shape index (κ1) is 24.6. The summed E-state index contributed by atoms with van der Waals surface area (Å²) >= 11 is 11.9. The average molecular weight is 515 g/mol. The highest BCUT2D eigenvalue weighted by molar-refractivity contribution is 6.42. The Morgan fingerprint density at radius 2 is 2.06 bits per heavy atom. The van der Waals surface area contributed by atoms with Gasteiger partial charge in [0.05, 0.1) is 39.6 Å². The number of hydrogen-bond donors (Lipinski definition) is 1. The van der Waals surface area contributed by atoms with Crippen LogP contribution in [-0.2, 0) is 4.79 Å². The second-order valence-corrected chi connectivity index (χ2v) is 8.66. The highest BCUT2D eigenvalue weighted by Gasteiger charge is 2.24. The Morgan fingerprint density at radius 3 is 2.71 bits per heavy atom. The van der Waals surface area contributed by atoms with Gasteiger partial charge in [0.25, 0.3) is 0 Å². The minimum absolute atomic E-state index is 0.0564. The van der Waals surface area contributed by atoms with Crippen molar-refractivity contribution in [3.05, 3.63) is 64.5 Å². The number of fused-ring (bicyclic) bond motifs is 1. The average Bonchev–Trinajstić information content (AvgIpc) is 2.88. The Hall–Kier alpha value is -3.54. The summed E-state index contributed by atoms with van der Waals surface area (Å²) in [6, 6.07) is 8.39. The Bertz CT molecular complexity index is 1350. The van der Waals surface area contributed by atoms with E-state index in [4.69, 9.17) is 32.7 Å². The van der Waals surface area contributed by atoms with E-state index in [-0.39, 0.29) is 33.3 Å². The number of pyridine rings is 1. The summed E-state index contributed by atoms with van der Waals surface area (Å²) in [7, 11) is 1.52. The molecule has 1 amide bonds. The number of piperidine rings is 1. The number of benzene rings is 2. The van der Waals surface area contributed by atoms with Crippen molar-refractivity contribution in [2.45, 2.75) is 18.9 Å². The van der Waals surface area contributed by atoms with Crippen LogP contribution in [0.2, 0.25) is 10.0 Å². The maximum Gasteiger partial charge on any atom is 0.245 e. The van der Waals surface area contributed by atoms with Gasteiger partial charge in [0.2, 0.25) is 5.91 Å². The topological polar surface area (TPSA) is 87.5 Å². The predicted molar refractivity (Wildman–Crippen MR) is 133 cm³/mol. The van der Waals surface area contributed by atoms with E-state index in [0.717, 1.165) is 0 Å². The number of amides is 1. The number of nitrogens with zero attached hydrogens (tertiary/aromatic N) is 3. The molecule has 4 rings (SSSR count). The molecule has 1 fully saturated rings. The van der Waals surface area contributed by atoms with Gasteiger partial charge in [-0.05, 0) is 24.3 Å². The zero-order valence-electron chi connectivity index (χ0n) is 18.8. The summed E-state index contributed by atoms with van der Waals surface area (Å²) in [6.07, 6.45) is 3.82. The highest BCUT2D eigenvalue weighted by atomic mass is 35.5. The van der Waals surface area contributed by atoms with Gasteiger partial charge in [0.15, 0.2) is 17.3 Å². The van der Waals surface area contributed by atoms with Gasteiger partial charge in [-0.15, -0.1) is 0 Å². The molecule has 1 aliphatic rings. The third-order valence-electron chi connectivity index (χ3n) is 5.79. The van der Waals surface area contributed by atoms with Gasteiger partial charge in [-0.1, -0.05) is 29.8 Å². The predicted octanol–water partition coefficient (Wildman–Crippen LogP) is 5.86. The summed E-state index contributed by atoms with van der Waals surface area (Å²) in [5, 5.41) is 13.0. The molecule has 10 heteroatoms. The number of aromatic nitrogens is 1. The maximum atomic E-state index is 14.7. The summed E-state index contributed by atoms with van der Waals surface area (Å²) in [5.74, 6) is 0.0694. The van der Waals surface area contributed by atoms with Crippen molar-refractivity contribution < 1.29 is 18.7 Å². The molecule has 0 saturated carbocycles. The minimum atomic E-state index is -0.737. The molecule has 1 aromatic heterocycles. The molecule has 35 heavy (non-hydrogen) atoms. The van der Waals surface area contributed by atoms with Gasteiger partial charge < -0.3 is 19.7 Å². The lowest BCUT2D eigenvalue weighted by molar-refractivity contribution is -0.127. The monoisotopic (exact) mass is 514 g/mol. The Labute approximate surface area is 211 Å². The largest absolute Gasteiger partial charge is 0.493 e. The fourth-order valence-electron chi connectivity index (χ4n) is 3.93. The van der Waals surface area contributed by atoms with Crippen LogP contribution in [0, 0.1) is 17.1 Å². The third kappa shape index (κ3) is 4.97. The van der Waals surface area contributed by atoms with E-state index in [1.807, 2.05) is 0 Å². The SMILES string of the molecule is C=CC(=O)N1CCC(Oc2cc3c(Nc4ccc(Cl)c(Cl)c4F)c(C#N)cnc3cc2OC)CC1. The molecule has 0 bridgehead atoms. The lowest BCUT2D eigenvalue weighted by Gasteiger charge is -2.31. The fourth-order valence-corrected chi connectivity index (χ4v) is 4.24. The van der Waals surface area contributed by atoms with Crippen molar-refractivity contribution in [3.8, 4) is 17.6 Å². The molecule has 180 valence electrons. The molecule has 1 saturated heterocycles. The zero-order chi connectivity index (χ0) is 25.1. The first-order valence-electron chi connectivity index (χ1n) is 10.8. The van der Waals surface area contributed by atoms with E-state index < -0.39 is 5.82 Å². The van der Waals surface area contributed by atoms with Crippen LogP contribution in [-0.4, -0.2) is 42.1 Å². The lowest BCUT2D eigenvalue weighted by Crippen LogP contribution is -2.41.